The van der Waals surface area contributed by atoms with Gasteiger partial charge in [-0.05, 0) is 24.0 Å². The van der Waals surface area contributed by atoms with Gasteiger partial charge in [-0.2, -0.15) is 9.49 Å². The van der Waals surface area contributed by atoms with Crippen LogP contribution >= 0.6 is 0 Å². The first-order chi connectivity index (χ1) is 12.7. The summed E-state index contributed by atoms with van der Waals surface area (Å²) >= 11 is 0. The number of halogens is 2. The molecule has 0 aliphatic carbocycles. The van der Waals surface area contributed by atoms with Crippen LogP contribution in [0, 0.1) is 17.0 Å². The molecule has 0 bridgehead atoms. The second-order valence-corrected chi connectivity index (χ2v) is 7.07. The smallest absolute Gasteiger partial charge is 0.266 e. The molecule has 1 aromatic carbocycles. The van der Waals surface area contributed by atoms with Crippen LogP contribution < -0.4 is 20.5 Å². The van der Waals surface area contributed by atoms with Gasteiger partial charge in [0.25, 0.3) is 5.56 Å². The standard InChI is InChI=1S/C18H20F2N4O3/c1-18(2)6-7-24(12-5-4-11(19)14(20)15(12)27-3)16(18)17(26)22-10-8-13(25)23-21-9-10/h4-5,8-9,16H,6-7H2,1-3H3,(H2,22,23,25,26). The number of hydrogen-bond donors (Lipinski definition) is 2. The molecular weight excluding hydrogens is 358 g/mol. The predicted molar refractivity (Wildman–Crippen MR) is 95.9 cm³/mol. The van der Waals surface area contributed by atoms with E-state index in [0.29, 0.717) is 18.7 Å². The van der Waals surface area contributed by atoms with Gasteiger partial charge in [-0.25, -0.2) is 9.49 Å². The largest absolute Gasteiger partial charge is 0.491 e. The minimum atomic E-state index is -1.10. The first-order valence-electron chi connectivity index (χ1n) is 8.39. The van der Waals surface area contributed by atoms with E-state index < -0.39 is 28.7 Å². The number of carbonyl (C=O) groups is 1. The van der Waals surface area contributed by atoms with Crippen molar-refractivity contribution >= 4 is 17.3 Å². The summed E-state index contributed by atoms with van der Waals surface area (Å²) in [5.74, 6) is -2.75. The van der Waals surface area contributed by atoms with E-state index in [1.165, 1.54) is 25.4 Å². The van der Waals surface area contributed by atoms with Crippen molar-refractivity contribution in [2.24, 2.45) is 5.41 Å². The van der Waals surface area contributed by atoms with E-state index >= 15 is 0 Å². The third-order valence-electron chi connectivity index (χ3n) is 4.77. The van der Waals surface area contributed by atoms with Crippen molar-refractivity contribution in [2.75, 3.05) is 23.9 Å². The Morgan fingerprint density at radius 2 is 2.15 bits per heavy atom. The van der Waals surface area contributed by atoms with Crippen LogP contribution in [0.2, 0.25) is 0 Å². The van der Waals surface area contributed by atoms with Crippen molar-refractivity contribution in [3.8, 4) is 5.75 Å². The maximum Gasteiger partial charge on any atom is 0.266 e. The van der Waals surface area contributed by atoms with Crippen LogP contribution in [0.3, 0.4) is 0 Å². The van der Waals surface area contributed by atoms with Gasteiger partial charge in [0.2, 0.25) is 11.7 Å². The van der Waals surface area contributed by atoms with E-state index in [1.54, 1.807) is 4.90 Å². The van der Waals surface area contributed by atoms with Crippen molar-refractivity contribution in [1.82, 2.24) is 10.2 Å². The Balaban J connectivity index is 1.98. The van der Waals surface area contributed by atoms with Gasteiger partial charge in [0.1, 0.15) is 6.04 Å². The lowest BCUT2D eigenvalue weighted by atomic mass is 9.84. The number of hydrogen-bond acceptors (Lipinski definition) is 5. The number of amides is 1. The molecule has 2 N–H and O–H groups in total. The minimum Gasteiger partial charge on any atom is -0.491 e. The molecule has 7 nitrogen and oxygen atoms in total. The second kappa shape index (κ2) is 6.98. The fourth-order valence-corrected chi connectivity index (χ4v) is 3.45. The number of H-pyrrole nitrogens is 1. The summed E-state index contributed by atoms with van der Waals surface area (Å²) in [5, 5.41) is 8.55. The highest BCUT2D eigenvalue weighted by molar-refractivity contribution is 5.98. The predicted octanol–water partition coefficient (Wildman–Crippen LogP) is 2.30. The lowest BCUT2D eigenvalue weighted by Crippen LogP contribution is -2.46. The summed E-state index contributed by atoms with van der Waals surface area (Å²) in [6, 6.07) is 2.94. The molecule has 2 heterocycles. The fraction of sp³-hybridized carbons (Fsp3) is 0.389. The number of methoxy groups -OCH3 is 1. The quantitative estimate of drug-likeness (QED) is 0.853. The Hall–Kier alpha value is -2.97. The third-order valence-corrected chi connectivity index (χ3v) is 4.77. The lowest BCUT2D eigenvalue weighted by Gasteiger charge is -2.33. The average Bonchev–Trinajstić information content (AvgIpc) is 2.92. The van der Waals surface area contributed by atoms with Crippen LogP contribution in [0.25, 0.3) is 0 Å². The number of benzene rings is 1. The maximum absolute atomic E-state index is 14.2. The number of anilines is 2. The molecule has 9 heteroatoms. The van der Waals surface area contributed by atoms with E-state index in [-0.39, 0.29) is 17.3 Å². The fourth-order valence-electron chi connectivity index (χ4n) is 3.45. The van der Waals surface area contributed by atoms with E-state index in [1.807, 2.05) is 13.8 Å². The first kappa shape index (κ1) is 18.8. The average molecular weight is 378 g/mol. The summed E-state index contributed by atoms with van der Waals surface area (Å²) in [5.41, 5.74) is -0.346. The zero-order valence-corrected chi connectivity index (χ0v) is 15.2. The minimum absolute atomic E-state index is 0.247. The molecule has 1 unspecified atom stereocenters. The van der Waals surface area contributed by atoms with E-state index in [4.69, 9.17) is 4.74 Å². The topological polar surface area (TPSA) is 87.3 Å². The molecule has 0 spiro atoms. The Morgan fingerprint density at radius 3 is 2.81 bits per heavy atom. The lowest BCUT2D eigenvalue weighted by molar-refractivity contribution is -0.119. The molecule has 1 aliphatic heterocycles. The van der Waals surface area contributed by atoms with Gasteiger partial charge in [0, 0.05) is 12.6 Å². The van der Waals surface area contributed by atoms with Gasteiger partial charge in [-0.1, -0.05) is 13.8 Å². The zero-order valence-electron chi connectivity index (χ0n) is 15.2. The molecule has 1 aromatic heterocycles. The highest BCUT2D eigenvalue weighted by atomic mass is 19.2. The molecule has 1 aliphatic rings. The summed E-state index contributed by atoms with van der Waals surface area (Å²) in [7, 11) is 1.25. The van der Waals surface area contributed by atoms with Crippen LogP contribution in [-0.4, -0.2) is 35.8 Å². The zero-order chi connectivity index (χ0) is 19.8. The van der Waals surface area contributed by atoms with Gasteiger partial charge < -0.3 is 15.0 Å². The van der Waals surface area contributed by atoms with Crippen molar-refractivity contribution in [1.29, 1.82) is 0 Å². The summed E-state index contributed by atoms with van der Waals surface area (Å²) < 4.78 is 32.8. The molecule has 1 saturated heterocycles. The number of ether oxygens (including phenoxy) is 1. The highest BCUT2D eigenvalue weighted by Crippen LogP contribution is 2.43. The van der Waals surface area contributed by atoms with Crippen LogP contribution in [0.15, 0.2) is 29.2 Å². The van der Waals surface area contributed by atoms with Crippen molar-refractivity contribution < 1.29 is 18.3 Å². The summed E-state index contributed by atoms with van der Waals surface area (Å²) in [6.07, 6.45) is 1.98. The monoisotopic (exact) mass is 378 g/mol. The number of aromatic amines is 1. The van der Waals surface area contributed by atoms with Crippen LogP contribution in [0.4, 0.5) is 20.2 Å². The number of aromatic nitrogens is 2. The van der Waals surface area contributed by atoms with E-state index in [9.17, 15) is 18.4 Å². The normalized spacial score (nSPS) is 18.4. The number of nitrogens with one attached hydrogen (secondary N) is 2. The maximum atomic E-state index is 14.2. The molecule has 0 saturated carbocycles. The molecule has 1 amide bonds. The van der Waals surface area contributed by atoms with Gasteiger partial charge >= 0.3 is 0 Å². The number of rotatable bonds is 4. The Morgan fingerprint density at radius 1 is 1.41 bits per heavy atom. The number of nitrogens with zero attached hydrogens (tertiary/aromatic N) is 2. The van der Waals surface area contributed by atoms with Gasteiger partial charge in [0.15, 0.2) is 11.6 Å². The van der Waals surface area contributed by atoms with Crippen molar-refractivity contribution in [3.05, 3.63) is 46.4 Å². The Kier molecular flexibility index (Phi) is 4.86. The molecular formula is C18H20F2N4O3. The SMILES string of the molecule is COc1c(N2CCC(C)(C)C2C(=O)Nc2cn[nH]c(=O)c2)ccc(F)c1F. The second-order valence-electron chi connectivity index (χ2n) is 7.07. The third kappa shape index (κ3) is 3.49. The molecule has 144 valence electrons. The van der Waals surface area contributed by atoms with E-state index in [2.05, 4.69) is 15.5 Å². The molecule has 1 atom stereocenters. The van der Waals surface area contributed by atoms with Gasteiger partial charge in [-0.15, -0.1) is 0 Å². The van der Waals surface area contributed by atoms with Crippen molar-refractivity contribution in [2.45, 2.75) is 26.3 Å². The van der Waals surface area contributed by atoms with Gasteiger partial charge in [-0.3, -0.25) is 9.59 Å². The van der Waals surface area contributed by atoms with Crippen LogP contribution in [0.5, 0.6) is 5.75 Å². The molecule has 27 heavy (non-hydrogen) atoms. The van der Waals surface area contributed by atoms with Gasteiger partial charge in [0.05, 0.1) is 24.7 Å². The number of carbonyl (C=O) groups excluding carboxylic acids is 1. The molecule has 1 fully saturated rings. The Labute approximate surface area is 154 Å². The Bertz CT molecular complexity index is 929. The summed E-state index contributed by atoms with van der Waals surface area (Å²) in [6.45, 7) is 4.29. The van der Waals surface area contributed by atoms with Crippen LogP contribution in [-0.2, 0) is 4.79 Å². The van der Waals surface area contributed by atoms with Crippen LogP contribution in [0.1, 0.15) is 20.3 Å². The molecule has 3 rings (SSSR count). The molecule has 2 aromatic rings. The first-order valence-corrected chi connectivity index (χ1v) is 8.39. The van der Waals surface area contributed by atoms with E-state index in [0.717, 1.165) is 6.07 Å². The highest BCUT2D eigenvalue weighted by Gasteiger charge is 2.46. The summed E-state index contributed by atoms with van der Waals surface area (Å²) in [4.78, 5) is 26.1. The molecule has 0 radical (unpaired) electrons. The van der Waals surface area contributed by atoms with Crippen molar-refractivity contribution in [3.63, 3.8) is 0 Å².